The predicted octanol–water partition coefficient (Wildman–Crippen LogP) is 2.91. The topological polar surface area (TPSA) is 66.5 Å². The molecule has 1 aliphatic carbocycles. The molecule has 2 aromatic rings. The molecule has 26 heavy (non-hydrogen) atoms. The van der Waals surface area contributed by atoms with Crippen molar-refractivity contribution in [1.29, 1.82) is 0 Å². The van der Waals surface area contributed by atoms with Gasteiger partial charge in [0, 0.05) is 29.9 Å². The standard InChI is InChI=1S/C19H22N2O3S2/c1-19(7-8-19)18(22)21-9-6-14-4-5-17(11-15(14)13-21)26(23,24)20-12-16-3-2-10-25-16/h2-5,10-11,20H,6-9,12-13H2,1H3. The molecule has 1 aromatic heterocycles. The Morgan fingerprint density at radius 2 is 2.08 bits per heavy atom. The molecule has 0 radical (unpaired) electrons. The average Bonchev–Trinajstić information content (AvgIpc) is 3.18. The second-order valence-electron chi connectivity index (χ2n) is 7.37. The number of rotatable bonds is 5. The Morgan fingerprint density at radius 3 is 2.77 bits per heavy atom. The predicted molar refractivity (Wildman–Crippen MR) is 101 cm³/mol. The number of nitrogens with zero attached hydrogens (tertiary/aromatic N) is 1. The second kappa shape index (κ2) is 6.48. The van der Waals surface area contributed by atoms with Gasteiger partial charge >= 0.3 is 0 Å². The van der Waals surface area contributed by atoms with Gasteiger partial charge in [-0.15, -0.1) is 11.3 Å². The van der Waals surface area contributed by atoms with Crippen molar-refractivity contribution >= 4 is 27.3 Å². The highest BCUT2D eigenvalue weighted by molar-refractivity contribution is 7.89. The molecule has 2 aliphatic rings. The normalized spacial score (nSPS) is 18.4. The van der Waals surface area contributed by atoms with Crippen molar-refractivity contribution in [3.05, 3.63) is 51.7 Å². The zero-order chi connectivity index (χ0) is 18.4. The fourth-order valence-corrected chi connectivity index (χ4v) is 5.11. The molecule has 2 heterocycles. The molecule has 4 rings (SSSR count). The lowest BCUT2D eigenvalue weighted by molar-refractivity contribution is -0.137. The van der Waals surface area contributed by atoms with Crippen LogP contribution in [0, 0.1) is 5.41 Å². The first-order valence-corrected chi connectivity index (χ1v) is 11.2. The van der Waals surface area contributed by atoms with Gasteiger partial charge in [0.05, 0.1) is 4.90 Å². The summed E-state index contributed by atoms with van der Waals surface area (Å²) in [5.41, 5.74) is 1.88. The summed E-state index contributed by atoms with van der Waals surface area (Å²) in [4.78, 5) is 15.7. The van der Waals surface area contributed by atoms with E-state index < -0.39 is 10.0 Å². The zero-order valence-corrected chi connectivity index (χ0v) is 16.3. The first-order valence-electron chi connectivity index (χ1n) is 8.81. The molecule has 0 bridgehead atoms. The van der Waals surface area contributed by atoms with Crippen LogP contribution in [-0.2, 0) is 34.3 Å². The summed E-state index contributed by atoms with van der Waals surface area (Å²) in [6.07, 6.45) is 2.69. The van der Waals surface area contributed by atoms with Crippen LogP contribution in [0.1, 0.15) is 35.8 Å². The van der Waals surface area contributed by atoms with Crippen LogP contribution in [0.3, 0.4) is 0 Å². The molecule has 1 saturated carbocycles. The number of carbonyl (C=O) groups excluding carboxylic acids is 1. The number of amides is 1. The molecule has 1 fully saturated rings. The Morgan fingerprint density at radius 1 is 1.27 bits per heavy atom. The molecule has 0 saturated heterocycles. The third-order valence-electron chi connectivity index (χ3n) is 5.32. The summed E-state index contributed by atoms with van der Waals surface area (Å²) in [7, 11) is -3.57. The van der Waals surface area contributed by atoms with E-state index in [4.69, 9.17) is 0 Å². The van der Waals surface area contributed by atoms with Crippen LogP contribution in [0.2, 0.25) is 0 Å². The summed E-state index contributed by atoms with van der Waals surface area (Å²) < 4.78 is 27.9. The van der Waals surface area contributed by atoms with E-state index >= 15 is 0 Å². The fourth-order valence-electron chi connectivity index (χ4n) is 3.32. The van der Waals surface area contributed by atoms with Crippen molar-refractivity contribution in [2.45, 2.75) is 44.2 Å². The average molecular weight is 391 g/mol. The van der Waals surface area contributed by atoms with E-state index in [2.05, 4.69) is 4.72 Å². The van der Waals surface area contributed by atoms with E-state index in [1.54, 1.807) is 12.1 Å². The first kappa shape index (κ1) is 17.7. The molecular weight excluding hydrogens is 368 g/mol. The summed E-state index contributed by atoms with van der Waals surface area (Å²) in [6, 6.07) is 9.08. The maximum absolute atomic E-state index is 12.6. The SMILES string of the molecule is CC1(C(=O)N2CCc3ccc(S(=O)(=O)NCc4cccs4)cc3C2)CC1. The van der Waals surface area contributed by atoms with Crippen molar-refractivity contribution in [3.63, 3.8) is 0 Å². The summed E-state index contributed by atoms with van der Waals surface area (Å²) >= 11 is 1.52. The highest BCUT2D eigenvalue weighted by Crippen LogP contribution is 2.47. The van der Waals surface area contributed by atoms with Crippen molar-refractivity contribution in [3.8, 4) is 0 Å². The lowest BCUT2D eigenvalue weighted by Gasteiger charge is -2.31. The second-order valence-corrected chi connectivity index (χ2v) is 10.2. The van der Waals surface area contributed by atoms with Crippen LogP contribution >= 0.6 is 11.3 Å². The summed E-state index contributed by atoms with van der Waals surface area (Å²) in [6.45, 7) is 3.52. The quantitative estimate of drug-likeness (QED) is 0.854. The van der Waals surface area contributed by atoms with Crippen molar-refractivity contribution < 1.29 is 13.2 Å². The van der Waals surface area contributed by atoms with Crippen LogP contribution in [-0.4, -0.2) is 25.8 Å². The largest absolute Gasteiger partial charge is 0.338 e. The van der Waals surface area contributed by atoms with Gasteiger partial charge in [-0.05, 0) is 54.0 Å². The maximum Gasteiger partial charge on any atom is 0.240 e. The Kier molecular flexibility index (Phi) is 4.41. The molecule has 1 aromatic carbocycles. The van der Waals surface area contributed by atoms with Gasteiger partial charge in [0.25, 0.3) is 0 Å². The molecule has 0 unspecified atom stereocenters. The van der Waals surface area contributed by atoms with Gasteiger partial charge < -0.3 is 4.90 Å². The molecule has 0 spiro atoms. The highest BCUT2D eigenvalue weighted by Gasteiger charge is 2.47. The van der Waals surface area contributed by atoms with E-state index in [-0.39, 0.29) is 16.2 Å². The molecular formula is C19H22N2O3S2. The van der Waals surface area contributed by atoms with Crippen molar-refractivity contribution in [1.82, 2.24) is 9.62 Å². The maximum atomic E-state index is 12.6. The van der Waals surface area contributed by atoms with Crippen LogP contribution in [0.5, 0.6) is 0 Å². The number of carbonyl (C=O) groups is 1. The Labute approximate surface area is 158 Å². The van der Waals surface area contributed by atoms with Crippen LogP contribution in [0.15, 0.2) is 40.6 Å². The lowest BCUT2D eigenvalue weighted by Crippen LogP contribution is -2.40. The van der Waals surface area contributed by atoms with Crippen LogP contribution < -0.4 is 4.72 Å². The first-order chi connectivity index (χ1) is 12.4. The van der Waals surface area contributed by atoms with Crippen molar-refractivity contribution in [2.24, 2.45) is 5.41 Å². The van der Waals surface area contributed by atoms with Gasteiger partial charge in [-0.25, -0.2) is 13.1 Å². The van der Waals surface area contributed by atoms with Gasteiger partial charge in [0.2, 0.25) is 15.9 Å². The van der Waals surface area contributed by atoms with E-state index in [9.17, 15) is 13.2 Å². The number of thiophene rings is 1. The Balaban J connectivity index is 1.52. The van der Waals surface area contributed by atoms with Gasteiger partial charge in [-0.2, -0.15) is 0 Å². The molecule has 1 amide bonds. The van der Waals surface area contributed by atoms with Crippen LogP contribution in [0.4, 0.5) is 0 Å². The smallest absolute Gasteiger partial charge is 0.240 e. The van der Waals surface area contributed by atoms with E-state index in [0.717, 1.165) is 35.3 Å². The molecule has 1 aliphatic heterocycles. The molecule has 138 valence electrons. The zero-order valence-electron chi connectivity index (χ0n) is 14.7. The molecule has 1 N–H and O–H groups in total. The molecule has 5 nitrogen and oxygen atoms in total. The third kappa shape index (κ3) is 3.43. The molecule has 0 atom stereocenters. The minimum Gasteiger partial charge on any atom is -0.338 e. The number of sulfonamides is 1. The lowest BCUT2D eigenvalue weighted by atomic mass is 9.98. The van der Waals surface area contributed by atoms with E-state index in [1.165, 1.54) is 11.3 Å². The minimum absolute atomic E-state index is 0.191. The fraction of sp³-hybridized carbons (Fsp3) is 0.421. The van der Waals surface area contributed by atoms with Gasteiger partial charge in [-0.3, -0.25) is 4.79 Å². The number of benzene rings is 1. The van der Waals surface area contributed by atoms with E-state index in [1.807, 2.05) is 35.4 Å². The van der Waals surface area contributed by atoms with Gasteiger partial charge in [-0.1, -0.05) is 19.1 Å². The molecule has 7 heteroatoms. The Hall–Kier alpha value is -1.70. The number of hydrogen-bond donors (Lipinski definition) is 1. The third-order valence-corrected chi connectivity index (χ3v) is 7.60. The monoisotopic (exact) mass is 390 g/mol. The summed E-state index contributed by atoms with van der Waals surface area (Å²) in [5.74, 6) is 0.201. The highest BCUT2D eigenvalue weighted by atomic mass is 32.2. The van der Waals surface area contributed by atoms with Gasteiger partial charge in [0.15, 0.2) is 0 Å². The van der Waals surface area contributed by atoms with Crippen molar-refractivity contribution in [2.75, 3.05) is 6.54 Å². The number of fused-ring (bicyclic) bond motifs is 1. The Bertz CT molecular complexity index is 932. The summed E-state index contributed by atoms with van der Waals surface area (Å²) in [5, 5.41) is 1.93. The van der Waals surface area contributed by atoms with Gasteiger partial charge in [0.1, 0.15) is 0 Å². The minimum atomic E-state index is -3.57. The number of nitrogens with one attached hydrogen (secondary N) is 1. The number of hydrogen-bond acceptors (Lipinski definition) is 4. The van der Waals surface area contributed by atoms with Crippen LogP contribution in [0.25, 0.3) is 0 Å². The van der Waals surface area contributed by atoms with E-state index in [0.29, 0.717) is 19.6 Å².